The van der Waals surface area contributed by atoms with E-state index in [4.69, 9.17) is 9.47 Å². The van der Waals surface area contributed by atoms with Crippen molar-refractivity contribution in [1.82, 2.24) is 0 Å². The van der Waals surface area contributed by atoms with Crippen LogP contribution in [0.4, 0.5) is 26.3 Å². The lowest BCUT2D eigenvalue weighted by Crippen LogP contribution is -2.34. The molecular weight excluding hydrogens is 594 g/mol. The van der Waals surface area contributed by atoms with Crippen LogP contribution in [0.2, 0.25) is 0 Å². The average Bonchev–Trinajstić information content (AvgIpc) is 3.03. The van der Waals surface area contributed by atoms with Crippen LogP contribution in [0.3, 0.4) is 0 Å². The normalized spacial score (nSPS) is 22.6. The molecule has 1 aliphatic carbocycles. The molecule has 0 bridgehead atoms. The van der Waals surface area contributed by atoms with Gasteiger partial charge in [-0.1, -0.05) is 69.7 Å². The van der Waals surface area contributed by atoms with Gasteiger partial charge >= 0.3 is 6.11 Å². The Bertz CT molecular complexity index is 1420. The zero-order chi connectivity index (χ0) is 32.0. The highest BCUT2D eigenvalue weighted by Crippen LogP contribution is 2.39. The van der Waals surface area contributed by atoms with Crippen molar-refractivity contribution in [2.24, 2.45) is 17.8 Å². The van der Waals surface area contributed by atoms with Crippen LogP contribution in [0.1, 0.15) is 75.7 Å². The van der Waals surface area contributed by atoms with Crippen LogP contribution >= 0.6 is 0 Å². The van der Waals surface area contributed by atoms with E-state index in [1.54, 1.807) is 24.3 Å². The van der Waals surface area contributed by atoms with Crippen molar-refractivity contribution in [1.29, 1.82) is 0 Å². The molecule has 1 saturated carbocycles. The Morgan fingerprint density at radius 1 is 0.800 bits per heavy atom. The molecule has 1 heterocycles. The van der Waals surface area contributed by atoms with Crippen molar-refractivity contribution in [3.63, 3.8) is 0 Å². The van der Waals surface area contributed by atoms with Gasteiger partial charge in [-0.05, 0) is 66.1 Å². The third-order valence-electron chi connectivity index (χ3n) is 8.87. The maximum Gasteiger partial charge on any atom is 0.419 e. The van der Waals surface area contributed by atoms with Gasteiger partial charge in [0, 0.05) is 29.2 Å². The van der Waals surface area contributed by atoms with Crippen LogP contribution in [-0.2, 0) is 9.47 Å². The van der Waals surface area contributed by atoms with Crippen molar-refractivity contribution in [3.05, 3.63) is 95.1 Å². The Morgan fingerprint density at radius 3 is 2.09 bits per heavy atom. The van der Waals surface area contributed by atoms with E-state index in [1.165, 1.54) is 57.4 Å². The first-order valence-corrected chi connectivity index (χ1v) is 15.7. The molecule has 1 aliphatic heterocycles. The number of halogens is 6. The summed E-state index contributed by atoms with van der Waals surface area (Å²) in [5, 5.41) is 0. The molecule has 2 fully saturated rings. The second-order valence-corrected chi connectivity index (χ2v) is 12.1. The summed E-state index contributed by atoms with van der Waals surface area (Å²) in [6, 6.07) is 10.8. The summed E-state index contributed by atoms with van der Waals surface area (Å²) in [6.07, 6.45) is 7.72. The molecule has 3 nitrogen and oxygen atoms in total. The summed E-state index contributed by atoms with van der Waals surface area (Å²) < 4.78 is 101. The lowest BCUT2D eigenvalue weighted by Gasteiger charge is -2.38. The molecule has 3 aromatic rings. The van der Waals surface area contributed by atoms with Crippen LogP contribution in [-0.4, -0.2) is 19.3 Å². The van der Waals surface area contributed by atoms with Gasteiger partial charge in [0.05, 0.1) is 13.2 Å². The molecular formula is C36H38F6O3. The minimum Gasteiger partial charge on any atom is -0.429 e. The van der Waals surface area contributed by atoms with Crippen molar-refractivity contribution < 1.29 is 40.6 Å². The summed E-state index contributed by atoms with van der Waals surface area (Å²) >= 11 is 0. The van der Waals surface area contributed by atoms with Gasteiger partial charge in [-0.3, -0.25) is 0 Å². The number of benzene rings is 3. The zero-order valence-corrected chi connectivity index (χ0v) is 25.2. The Morgan fingerprint density at radius 2 is 1.47 bits per heavy atom. The molecule has 0 amide bonds. The van der Waals surface area contributed by atoms with Crippen molar-refractivity contribution in [2.75, 3.05) is 13.2 Å². The summed E-state index contributed by atoms with van der Waals surface area (Å²) in [4.78, 5) is 0. The number of hydrogen-bond donors (Lipinski definition) is 0. The van der Waals surface area contributed by atoms with Gasteiger partial charge < -0.3 is 14.2 Å². The quantitative estimate of drug-likeness (QED) is 0.120. The first kappa shape index (κ1) is 33.1. The maximum atomic E-state index is 14.6. The SMILES string of the molecule is CCCCCC1CCC(C2COC(c3ccc(C=CC(F)(F)Oc4ccc(-c5cc(F)c(F)c(F)c5)c(F)c4)cc3)OC2)CC1. The fraction of sp³-hybridized carbons (Fsp3) is 0.444. The number of ether oxygens (including phenoxy) is 3. The number of unbranched alkanes of at least 4 members (excludes halogenated alkanes) is 2. The van der Waals surface area contributed by atoms with Gasteiger partial charge in [-0.25, -0.2) is 17.6 Å². The van der Waals surface area contributed by atoms with Gasteiger partial charge in [0.25, 0.3) is 0 Å². The minimum absolute atomic E-state index is 0.287. The predicted molar refractivity (Wildman–Crippen MR) is 160 cm³/mol. The summed E-state index contributed by atoms with van der Waals surface area (Å²) in [5.74, 6) is -4.39. The highest BCUT2D eigenvalue weighted by Gasteiger charge is 2.32. The molecule has 3 aromatic carbocycles. The van der Waals surface area contributed by atoms with Gasteiger partial charge in [-0.15, -0.1) is 0 Å². The Labute approximate surface area is 260 Å². The molecule has 9 heteroatoms. The minimum atomic E-state index is -3.79. The topological polar surface area (TPSA) is 27.7 Å². The van der Waals surface area contributed by atoms with Crippen molar-refractivity contribution >= 4 is 6.08 Å². The summed E-state index contributed by atoms with van der Waals surface area (Å²) in [6.45, 7) is 3.52. The lowest BCUT2D eigenvalue weighted by molar-refractivity contribution is -0.214. The van der Waals surface area contributed by atoms with Crippen LogP contribution < -0.4 is 4.74 Å². The number of alkyl halides is 2. The van der Waals surface area contributed by atoms with Gasteiger partial charge in [0.1, 0.15) is 11.6 Å². The fourth-order valence-corrected chi connectivity index (χ4v) is 6.27. The second-order valence-electron chi connectivity index (χ2n) is 12.1. The van der Waals surface area contributed by atoms with E-state index < -0.39 is 41.4 Å². The molecule has 242 valence electrons. The molecule has 0 aromatic heterocycles. The Hall–Kier alpha value is -3.30. The first-order chi connectivity index (χ1) is 21.6. The molecule has 0 radical (unpaired) electrons. The molecule has 0 N–H and O–H groups in total. The van der Waals surface area contributed by atoms with E-state index in [0.29, 0.717) is 54.9 Å². The smallest absolute Gasteiger partial charge is 0.419 e. The zero-order valence-electron chi connectivity index (χ0n) is 25.2. The highest BCUT2D eigenvalue weighted by atomic mass is 19.3. The van der Waals surface area contributed by atoms with E-state index in [9.17, 15) is 26.3 Å². The lowest BCUT2D eigenvalue weighted by atomic mass is 9.74. The average molecular weight is 633 g/mol. The fourth-order valence-electron chi connectivity index (χ4n) is 6.27. The maximum absolute atomic E-state index is 14.6. The summed E-state index contributed by atoms with van der Waals surface area (Å²) in [5.41, 5.74) is 0.684. The van der Waals surface area contributed by atoms with E-state index in [2.05, 4.69) is 11.7 Å². The Kier molecular flexibility index (Phi) is 10.9. The number of rotatable bonds is 11. The standard InChI is InChI=1S/C36H38F6O3/c1-2-3-4-5-23-6-10-25(11-7-23)28-21-43-35(44-22-28)26-12-8-24(9-13-26)16-17-36(41,42)45-29-14-15-30(31(37)20-29)27-18-32(38)34(40)33(39)19-27/h8-9,12-20,23,25,28,35H,2-7,10-11,21-22H2,1H3. The van der Waals surface area contributed by atoms with Crippen LogP contribution in [0.25, 0.3) is 17.2 Å². The molecule has 2 aliphatic rings. The van der Waals surface area contributed by atoms with Gasteiger partial charge in [0.2, 0.25) is 0 Å². The predicted octanol–water partition coefficient (Wildman–Crippen LogP) is 10.6. The van der Waals surface area contributed by atoms with Crippen LogP contribution in [0, 0.1) is 41.0 Å². The first-order valence-electron chi connectivity index (χ1n) is 15.7. The van der Waals surface area contributed by atoms with Crippen molar-refractivity contribution in [3.8, 4) is 16.9 Å². The third-order valence-corrected chi connectivity index (χ3v) is 8.87. The number of hydrogen-bond acceptors (Lipinski definition) is 3. The van der Waals surface area contributed by atoms with Crippen LogP contribution in [0.5, 0.6) is 5.75 Å². The largest absolute Gasteiger partial charge is 0.429 e. The van der Waals surface area contributed by atoms with Gasteiger partial charge in [-0.2, -0.15) is 8.78 Å². The van der Waals surface area contributed by atoms with E-state index >= 15 is 0 Å². The Balaban J connectivity index is 1.11. The summed E-state index contributed by atoms with van der Waals surface area (Å²) in [7, 11) is 0. The molecule has 0 unspecified atom stereocenters. The molecule has 5 rings (SSSR count). The highest BCUT2D eigenvalue weighted by molar-refractivity contribution is 5.65. The molecule has 45 heavy (non-hydrogen) atoms. The molecule has 0 spiro atoms. The van der Waals surface area contributed by atoms with E-state index in [0.717, 1.165) is 23.6 Å². The third kappa shape index (κ3) is 8.70. The monoisotopic (exact) mass is 632 g/mol. The van der Waals surface area contributed by atoms with Crippen LogP contribution in [0.15, 0.2) is 60.7 Å². The second kappa shape index (κ2) is 14.9. The van der Waals surface area contributed by atoms with E-state index in [-0.39, 0.29) is 11.1 Å². The van der Waals surface area contributed by atoms with Crippen molar-refractivity contribution in [2.45, 2.75) is 70.7 Å². The van der Waals surface area contributed by atoms with E-state index in [1.807, 2.05) is 0 Å². The molecule has 1 saturated heterocycles. The van der Waals surface area contributed by atoms with Gasteiger partial charge in [0.15, 0.2) is 23.7 Å². The molecule has 0 atom stereocenters.